The first-order chi connectivity index (χ1) is 10.6. The van der Waals surface area contributed by atoms with E-state index in [0.29, 0.717) is 34.0 Å². The third-order valence-electron chi connectivity index (χ3n) is 3.27. The summed E-state index contributed by atoms with van der Waals surface area (Å²) in [5, 5.41) is 4.83. The summed E-state index contributed by atoms with van der Waals surface area (Å²) in [6.07, 6.45) is 3.05. The minimum Gasteiger partial charge on any atom is -0.493 e. The molecule has 0 unspecified atom stereocenters. The van der Waals surface area contributed by atoms with Crippen molar-refractivity contribution in [3.8, 4) is 17.4 Å². The number of ketones is 1. The van der Waals surface area contributed by atoms with Gasteiger partial charge in [0.1, 0.15) is 11.7 Å². The number of hydrogen-bond donors (Lipinski definition) is 0. The van der Waals surface area contributed by atoms with Crippen molar-refractivity contribution in [3.63, 3.8) is 0 Å². The van der Waals surface area contributed by atoms with E-state index in [1.54, 1.807) is 36.1 Å². The summed E-state index contributed by atoms with van der Waals surface area (Å²) in [5.41, 5.74) is 1.22. The van der Waals surface area contributed by atoms with E-state index in [1.165, 1.54) is 20.4 Å². The summed E-state index contributed by atoms with van der Waals surface area (Å²) in [4.78, 5) is 19.7. The summed E-state index contributed by atoms with van der Waals surface area (Å²) < 4.78 is 12.7. The molecule has 2 heterocycles. The molecule has 2 aromatic heterocycles. The smallest absolute Gasteiger partial charge is 0.233 e. The topological polar surface area (TPSA) is 79.1 Å². The number of aromatic nitrogens is 4. The summed E-state index contributed by atoms with van der Waals surface area (Å²) in [6, 6.07) is 5.00. The fourth-order valence-corrected chi connectivity index (χ4v) is 2.10. The number of carbonyl (C=O) groups is 1. The van der Waals surface area contributed by atoms with Crippen LogP contribution in [-0.2, 0) is 7.05 Å². The van der Waals surface area contributed by atoms with Crippen LogP contribution in [0, 0.1) is 0 Å². The van der Waals surface area contributed by atoms with Crippen molar-refractivity contribution in [2.75, 3.05) is 7.11 Å². The molecule has 0 atom stereocenters. The predicted octanol–water partition coefficient (Wildman–Crippen LogP) is 2.37. The first-order valence-electron chi connectivity index (χ1n) is 6.59. The maximum Gasteiger partial charge on any atom is 0.233 e. The van der Waals surface area contributed by atoms with Gasteiger partial charge in [-0.05, 0) is 25.1 Å². The van der Waals surface area contributed by atoms with Gasteiger partial charge in [-0.3, -0.25) is 9.48 Å². The van der Waals surface area contributed by atoms with E-state index in [4.69, 9.17) is 9.47 Å². The van der Waals surface area contributed by atoms with E-state index < -0.39 is 0 Å². The lowest BCUT2D eigenvalue weighted by Gasteiger charge is -2.10. The zero-order valence-corrected chi connectivity index (χ0v) is 12.4. The van der Waals surface area contributed by atoms with Gasteiger partial charge >= 0.3 is 0 Å². The highest BCUT2D eigenvalue weighted by molar-refractivity contribution is 5.94. The van der Waals surface area contributed by atoms with Gasteiger partial charge in [-0.1, -0.05) is 0 Å². The molecule has 0 bridgehead atoms. The Morgan fingerprint density at radius 1 is 1.23 bits per heavy atom. The van der Waals surface area contributed by atoms with Crippen LogP contribution in [0.5, 0.6) is 17.4 Å². The van der Waals surface area contributed by atoms with Crippen LogP contribution in [0.2, 0.25) is 0 Å². The van der Waals surface area contributed by atoms with Crippen molar-refractivity contribution in [2.45, 2.75) is 6.92 Å². The quantitative estimate of drug-likeness (QED) is 0.688. The van der Waals surface area contributed by atoms with Crippen LogP contribution in [0.3, 0.4) is 0 Å². The standard InChI is InChI=1S/C15H14N4O3/c1-9(20)10-4-5-12(13(6-10)21-3)22-15-11-7-18-19(2)14(11)16-8-17-15/h4-8H,1-3H3. The molecule has 7 nitrogen and oxygen atoms in total. The van der Waals surface area contributed by atoms with Crippen LogP contribution in [0.4, 0.5) is 0 Å². The van der Waals surface area contributed by atoms with Crippen LogP contribution < -0.4 is 9.47 Å². The Bertz CT molecular complexity index is 857. The highest BCUT2D eigenvalue weighted by atomic mass is 16.5. The SMILES string of the molecule is COc1cc(C(C)=O)ccc1Oc1ncnc2c1cnn2C. The van der Waals surface area contributed by atoms with Crippen LogP contribution >= 0.6 is 0 Å². The number of ether oxygens (including phenoxy) is 2. The van der Waals surface area contributed by atoms with Crippen molar-refractivity contribution in [1.82, 2.24) is 19.7 Å². The Morgan fingerprint density at radius 3 is 2.77 bits per heavy atom. The fraction of sp³-hybridized carbons (Fsp3) is 0.200. The number of aryl methyl sites for hydroxylation is 1. The Hall–Kier alpha value is -2.96. The van der Waals surface area contributed by atoms with E-state index in [-0.39, 0.29) is 5.78 Å². The first-order valence-corrected chi connectivity index (χ1v) is 6.59. The van der Waals surface area contributed by atoms with Crippen LogP contribution in [0.25, 0.3) is 11.0 Å². The second-order valence-corrected chi connectivity index (χ2v) is 4.71. The number of fused-ring (bicyclic) bond motifs is 1. The van der Waals surface area contributed by atoms with E-state index in [2.05, 4.69) is 15.1 Å². The lowest BCUT2D eigenvalue weighted by Crippen LogP contribution is -1.98. The number of Topliss-reactive ketones (excluding diaryl/α,β-unsaturated/α-hetero) is 1. The maximum atomic E-state index is 11.4. The average Bonchev–Trinajstić information content (AvgIpc) is 2.90. The molecule has 0 amide bonds. The van der Waals surface area contributed by atoms with Crippen molar-refractivity contribution in [1.29, 1.82) is 0 Å². The lowest BCUT2D eigenvalue weighted by atomic mass is 10.1. The van der Waals surface area contributed by atoms with Crippen LogP contribution in [0.1, 0.15) is 17.3 Å². The molecule has 0 aliphatic carbocycles. The molecular formula is C15H14N4O3. The number of hydrogen-bond acceptors (Lipinski definition) is 6. The zero-order valence-electron chi connectivity index (χ0n) is 12.4. The van der Waals surface area contributed by atoms with E-state index in [1.807, 2.05) is 0 Å². The molecule has 0 saturated heterocycles. The molecule has 0 spiro atoms. The molecule has 0 saturated carbocycles. The molecule has 3 rings (SSSR count). The third kappa shape index (κ3) is 2.37. The maximum absolute atomic E-state index is 11.4. The Labute approximate surface area is 126 Å². The minimum atomic E-state index is -0.0402. The second kappa shape index (κ2) is 5.44. The zero-order chi connectivity index (χ0) is 15.7. The van der Waals surface area contributed by atoms with E-state index >= 15 is 0 Å². The molecular weight excluding hydrogens is 284 g/mol. The molecule has 1 aromatic carbocycles. The largest absolute Gasteiger partial charge is 0.493 e. The normalized spacial score (nSPS) is 10.7. The molecule has 7 heteroatoms. The van der Waals surface area contributed by atoms with Crippen LogP contribution in [-0.4, -0.2) is 32.6 Å². The summed E-state index contributed by atoms with van der Waals surface area (Å²) in [7, 11) is 3.31. The molecule has 0 N–H and O–H groups in total. The lowest BCUT2D eigenvalue weighted by molar-refractivity contribution is 0.101. The number of rotatable bonds is 4. The molecule has 0 fully saturated rings. The number of carbonyl (C=O) groups excluding carboxylic acids is 1. The van der Waals surface area contributed by atoms with Gasteiger partial charge in [0.15, 0.2) is 22.9 Å². The Balaban J connectivity index is 2.03. The van der Waals surface area contributed by atoms with Crippen molar-refractivity contribution in [3.05, 3.63) is 36.3 Å². The van der Waals surface area contributed by atoms with Crippen molar-refractivity contribution in [2.24, 2.45) is 7.05 Å². The molecule has 0 radical (unpaired) electrons. The average molecular weight is 298 g/mol. The minimum absolute atomic E-state index is 0.0402. The molecule has 0 aliphatic rings. The highest BCUT2D eigenvalue weighted by Gasteiger charge is 2.13. The third-order valence-corrected chi connectivity index (χ3v) is 3.27. The second-order valence-electron chi connectivity index (χ2n) is 4.71. The number of benzene rings is 1. The van der Waals surface area contributed by atoms with Gasteiger partial charge in [0.05, 0.1) is 13.3 Å². The summed E-state index contributed by atoms with van der Waals surface area (Å²) in [5.74, 6) is 1.27. The molecule has 112 valence electrons. The Kier molecular flexibility index (Phi) is 3.46. The van der Waals surface area contributed by atoms with Crippen LogP contribution in [0.15, 0.2) is 30.7 Å². The van der Waals surface area contributed by atoms with Crippen molar-refractivity contribution < 1.29 is 14.3 Å². The monoisotopic (exact) mass is 298 g/mol. The van der Waals surface area contributed by atoms with Gasteiger partial charge in [0.25, 0.3) is 0 Å². The fourth-order valence-electron chi connectivity index (χ4n) is 2.10. The summed E-state index contributed by atoms with van der Waals surface area (Å²) >= 11 is 0. The molecule has 22 heavy (non-hydrogen) atoms. The summed E-state index contributed by atoms with van der Waals surface area (Å²) in [6.45, 7) is 1.50. The van der Waals surface area contributed by atoms with Gasteiger partial charge < -0.3 is 9.47 Å². The number of methoxy groups -OCH3 is 1. The van der Waals surface area contributed by atoms with Gasteiger partial charge in [-0.2, -0.15) is 5.10 Å². The van der Waals surface area contributed by atoms with E-state index in [9.17, 15) is 4.79 Å². The first kappa shape index (κ1) is 14.0. The Morgan fingerprint density at radius 2 is 2.05 bits per heavy atom. The van der Waals surface area contributed by atoms with E-state index in [0.717, 1.165) is 0 Å². The van der Waals surface area contributed by atoms with Gasteiger partial charge in [-0.25, -0.2) is 9.97 Å². The van der Waals surface area contributed by atoms with Gasteiger partial charge in [0.2, 0.25) is 5.88 Å². The predicted molar refractivity (Wildman–Crippen MR) is 79.4 cm³/mol. The number of nitrogens with zero attached hydrogens (tertiary/aromatic N) is 4. The van der Waals surface area contributed by atoms with Gasteiger partial charge in [0, 0.05) is 12.6 Å². The highest BCUT2D eigenvalue weighted by Crippen LogP contribution is 2.33. The van der Waals surface area contributed by atoms with Crippen molar-refractivity contribution >= 4 is 16.8 Å². The molecule has 0 aliphatic heterocycles. The van der Waals surface area contributed by atoms with Gasteiger partial charge in [-0.15, -0.1) is 0 Å². The molecule has 3 aromatic rings.